The van der Waals surface area contributed by atoms with Crippen molar-refractivity contribution in [2.24, 2.45) is 0 Å². The average molecular weight is 258 g/mol. The summed E-state index contributed by atoms with van der Waals surface area (Å²) in [6.45, 7) is 3.89. The van der Waals surface area contributed by atoms with Gasteiger partial charge in [0.05, 0.1) is 5.60 Å². The molecule has 0 amide bonds. The van der Waals surface area contributed by atoms with E-state index >= 15 is 0 Å². The van der Waals surface area contributed by atoms with Crippen molar-refractivity contribution in [2.45, 2.75) is 32.3 Å². The topological polar surface area (TPSA) is 20.2 Å². The fourth-order valence-corrected chi connectivity index (χ4v) is 2.33. The molecule has 1 N–H and O–H groups in total. The van der Waals surface area contributed by atoms with Crippen molar-refractivity contribution in [3.8, 4) is 0 Å². The molecule has 1 unspecified atom stereocenters. The number of aryl methyl sites for hydroxylation is 1. The molecule has 0 fully saturated rings. The number of rotatable bonds is 4. The lowest BCUT2D eigenvalue weighted by molar-refractivity contribution is 0.0325. The first-order valence-corrected chi connectivity index (χ1v) is 6.58. The summed E-state index contributed by atoms with van der Waals surface area (Å²) in [7, 11) is 0. The van der Waals surface area contributed by atoms with Gasteiger partial charge in [0, 0.05) is 6.42 Å². The van der Waals surface area contributed by atoms with Crippen LogP contribution in [-0.2, 0) is 12.0 Å². The van der Waals surface area contributed by atoms with E-state index in [1.54, 1.807) is 6.07 Å². The van der Waals surface area contributed by atoms with Gasteiger partial charge >= 0.3 is 0 Å². The molecule has 0 radical (unpaired) electrons. The highest BCUT2D eigenvalue weighted by molar-refractivity contribution is 5.31. The molecule has 0 spiro atoms. The van der Waals surface area contributed by atoms with Gasteiger partial charge in [-0.15, -0.1) is 0 Å². The standard InChI is InChI=1S/C17H19FO/c1-3-17(19,15-7-5-4-6-8-15)12-14-11-16(18)10-9-13(14)2/h4-11,19H,3,12H2,1-2H3. The molecule has 0 bridgehead atoms. The van der Waals surface area contributed by atoms with Crippen molar-refractivity contribution in [1.29, 1.82) is 0 Å². The second-order valence-electron chi connectivity index (χ2n) is 5.00. The monoisotopic (exact) mass is 258 g/mol. The van der Waals surface area contributed by atoms with Crippen molar-refractivity contribution in [1.82, 2.24) is 0 Å². The molecular formula is C17H19FO. The molecule has 2 aromatic carbocycles. The summed E-state index contributed by atoms with van der Waals surface area (Å²) < 4.78 is 13.3. The Morgan fingerprint density at radius 2 is 1.79 bits per heavy atom. The normalized spacial score (nSPS) is 14.1. The third kappa shape index (κ3) is 3.02. The van der Waals surface area contributed by atoms with Crippen LogP contribution in [0.5, 0.6) is 0 Å². The SMILES string of the molecule is CCC(O)(Cc1cc(F)ccc1C)c1ccccc1. The van der Waals surface area contributed by atoms with Crippen molar-refractivity contribution in [3.05, 3.63) is 71.0 Å². The van der Waals surface area contributed by atoms with E-state index in [-0.39, 0.29) is 5.82 Å². The van der Waals surface area contributed by atoms with Crippen LogP contribution in [0.4, 0.5) is 4.39 Å². The summed E-state index contributed by atoms with van der Waals surface area (Å²) in [5.74, 6) is -0.257. The molecule has 0 saturated carbocycles. The lowest BCUT2D eigenvalue weighted by atomic mass is 9.84. The van der Waals surface area contributed by atoms with Crippen LogP contribution < -0.4 is 0 Å². The summed E-state index contributed by atoms with van der Waals surface area (Å²) in [6.07, 6.45) is 1.02. The molecule has 1 atom stereocenters. The van der Waals surface area contributed by atoms with Gasteiger partial charge in [-0.25, -0.2) is 4.39 Å². The Bertz CT molecular complexity index is 550. The van der Waals surface area contributed by atoms with E-state index in [1.807, 2.05) is 44.2 Å². The first kappa shape index (κ1) is 13.8. The number of aliphatic hydroxyl groups is 1. The van der Waals surface area contributed by atoms with Crippen molar-refractivity contribution in [3.63, 3.8) is 0 Å². The van der Waals surface area contributed by atoms with Crippen LogP contribution in [0.3, 0.4) is 0 Å². The van der Waals surface area contributed by atoms with Gasteiger partial charge in [0.2, 0.25) is 0 Å². The van der Waals surface area contributed by atoms with Gasteiger partial charge < -0.3 is 5.11 Å². The zero-order chi connectivity index (χ0) is 13.9. The smallest absolute Gasteiger partial charge is 0.123 e. The minimum Gasteiger partial charge on any atom is -0.385 e. The highest BCUT2D eigenvalue weighted by Gasteiger charge is 2.27. The van der Waals surface area contributed by atoms with Crippen molar-refractivity contribution >= 4 is 0 Å². The largest absolute Gasteiger partial charge is 0.385 e. The molecule has 100 valence electrons. The molecule has 0 aliphatic heterocycles. The maximum atomic E-state index is 13.3. The van der Waals surface area contributed by atoms with E-state index in [2.05, 4.69) is 0 Å². The molecule has 2 aromatic rings. The van der Waals surface area contributed by atoms with Crippen LogP contribution in [0.25, 0.3) is 0 Å². The fraction of sp³-hybridized carbons (Fsp3) is 0.294. The molecule has 0 saturated heterocycles. The van der Waals surface area contributed by atoms with E-state index < -0.39 is 5.60 Å². The van der Waals surface area contributed by atoms with Crippen molar-refractivity contribution in [2.75, 3.05) is 0 Å². The van der Waals surface area contributed by atoms with Crippen LogP contribution in [0.15, 0.2) is 48.5 Å². The lowest BCUT2D eigenvalue weighted by Crippen LogP contribution is -2.28. The van der Waals surface area contributed by atoms with Crippen LogP contribution in [0.1, 0.15) is 30.0 Å². The van der Waals surface area contributed by atoms with E-state index in [4.69, 9.17) is 0 Å². The maximum absolute atomic E-state index is 13.3. The molecule has 1 nitrogen and oxygen atoms in total. The Balaban J connectivity index is 2.36. The van der Waals surface area contributed by atoms with Crippen LogP contribution in [-0.4, -0.2) is 5.11 Å². The van der Waals surface area contributed by atoms with Gasteiger partial charge in [0.1, 0.15) is 5.82 Å². The maximum Gasteiger partial charge on any atom is 0.123 e. The molecular weight excluding hydrogens is 239 g/mol. The van der Waals surface area contributed by atoms with E-state index in [0.717, 1.165) is 16.7 Å². The Kier molecular flexibility index (Phi) is 4.01. The molecule has 0 heterocycles. The first-order chi connectivity index (χ1) is 9.05. The van der Waals surface area contributed by atoms with Gasteiger partial charge in [-0.1, -0.05) is 43.3 Å². The summed E-state index contributed by atoms with van der Waals surface area (Å²) >= 11 is 0. The highest BCUT2D eigenvalue weighted by atomic mass is 19.1. The number of benzene rings is 2. The quantitative estimate of drug-likeness (QED) is 0.879. The minimum atomic E-state index is -0.945. The second kappa shape index (κ2) is 5.54. The Morgan fingerprint density at radius 3 is 2.42 bits per heavy atom. The molecule has 0 aliphatic carbocycles. The van der Waals surface area contributed by atoms with Crippen LogP contribution in [0.2, 0.25) is 0 Å². The third-order valence-electron chi connectivity index (χ3n) is 3.69. The third-order valence-corrected chi connectivity index (χ3v) is 3.69. The van der Waals surface area contributed by atoms with Crippen LogP contribution in [0, 0.1) is 12.7 Å². The van der Waals surface area contributed by atoms with Gasteiger partial charge in [-0.3, -0.25) is 0 Å². The molecule has 2 rings (SSSR count). The predicted molar refractivity (Wildman–Crippen MR) is 75.5 cm³/mol. The Morgan fingerprint density at radius 1 is 1.11 bits per heavy atom. The van der Waals surface area contributed by atoms with Gasteiger partial charge in [-0.05, 0) is 42.2 Å². The summed E-state index contributed by atoms with van der Waals surface area (Å²) in [5.41, 5.74) is 1.79. The average Bonchev–Trinajstić information content (AvgIpc) is 2.44. The van der Waals surface area contributed by atoms with E-state index in [9.17, 15) is 9.50 Å². The van der Waals surface area contributed by atoms with E-state index in [1.165, 1.54) is 12.1 Å². The predicted octanol–water partition coefficient (Wildman–Crippen LogP) is 3.97. The number of hydrogen-bond donors (Lipinski definition) is 1. The van der Waals surface area contributed by atoms with Crippen LogP contribution >= 0.6 is 0 Å². The number of halogens is 1. The molecule has 2 heteroatoms. The van der Waals surface area contributed by atoms with Gasteiger partial charge in [-0.2, -0.15) is 0 Å². The minimum absolute atomic E-state index is 0.257. The van der Waals surface area contributed by atoms with E-state index in [0.29, 0.717) is 12.8 Å². The molecule has 0 aromatic heterocycles. The fourth-order valence-electron chi connectivity index (χ4n) is 2.33. The highest BCUT2D eigenvalue weighted by Crippen LogP contribution is 2.30. The van der Waals surface area contributed by atoms with Gasteiger partial charge in [0.15, 0.2) is 0 Å². The zero-order valence-corrected chi connectivity index (χ0v) is 11.4. The zero-order valence-electron chi connectivity index (χ0n) is 11.4. The summed E-state index contributed by atoms with van der Waals surface area (Å²) in [6, 6.07) is 14.3. The second-order valence-corrected chi connectivity index (χ2v) is 5.00. The summed E-state index contributed by atoms with van der Waals surface area (Å²) in [5, 5.41) is 10.8. The van der Waals surface area contributed by atoms with Crippen molar-refractivity contribution < 1.29 is 9.50 Å². The van der Waals surface area contributed by atoms with Gasteiger partial charge in [0.25, 0.3) is 0 Å². The lowest BCUT2D eigenvalue weighted by Gasteiger charge is -2.28. The molecule has 0 aliphatic rings. The Hall–Kier alpha value is -1.67. The molecule has 19 heavy (non-hydrogen) atoms. The summed E-state index contributed by atoms with van der Waals surface area (Å²) in [4.78, 5) is 0. The Labute approximate surface area is 113 Å². The number of hydrogen-bond acceptors (Lipinski definition) is 1. The first-order valence-electron chi connectivity index (χ1n) is 6.58.